The first-order chi connectivity index (χ1) is 13.6. The number of rotatable bonds is 5. The van der Waals surface area contributed by atoms with Gasteiger partial charge in [0.05, 0.1) is 24.4 Å². The number of nitrogens with one attached hydrogen (secondary N) is 2. The summed E-state index contributed by atoms with van der Waals surface area (Å²) in [5.41, 5.74) is 4.56. The van der Waals surface area contributed by atoms with Crippen molar-refractivity contribution in [2.45, 2.75) is 19.8 Å². The van der Waals surface area contributed by atoms with Crippen LogP contribution < -0.4 is 15.6 Å². The molecule has 0 fully saturated rings. The van der Waals surface area contributed by atoms with Gasteiger partial charge >= 0.3 is 0 Å². The third-order valence-electron chi connectivity index (χ3n) is 4.84. The van der Waals surface area contributed by atoms with E-state index >= 15 is 0 Å². The number of aromatic amines is 1. The molecule has 0 spiro atoms. The monoisotopic (exact) mass is 389 g/mol. The van der Waals surface area contributed by atoms with Crippen LogP contribution in [0.3, 0.4) is 0 Å². The minimum Gasteiger partial charge on any atom is -0.495 e. The van der Waals surface area contributed by atoms with Crippen LogP contribution in [0.4, 0.5) is 11.4 Å². The molecule has 0 amide bonds. The molecule has 0 saturated carbocycles. The number of aromatic nitrogens is 1. The number of hydrogen-bond donors (Lipinski definition) is 2. The first-order valence-electron chi connectivity index (χ1n) is 8.96. The Morgan fingerprint density at radius 3 is 2.75 bits per heavy atom. The summed E-state index contributed by atoms with van der Waals surface area (Å²) in [7, 11) is 1.65. The number of ether oxygens (including phenoxy) is 1. The van der Waals surface area contributed by atoms with Crippen molar-refractivity contribution in [2.24, 2.45) is 0 Å². The van der Waals surface area contributed by atoms with Crippen molar-refractivity contribution in [1.29, 1.82) is 5.26 Å². The molecule has 2 aromatic heterocycles. The molecule has 0 radical (unpaired) electrons. The molecule has 4 aromatic rings. The number of anilines is 2. The predicted molar refractivity (Wildman–Crippen MR) is 115 cm³/mol. The lowest BCUT2D eigenvalue weighted by Crippen LogP contribution is -2.07. The van der Waals surface area contributed by atoms with Gasteiger partial charge < -0.3 is 15.0 Å². The molecular weight excluding hydrogens is 370 g/mol. The Morgan fingerprint density at radius 2 is 2.04 bits per heavy atom. The average molecular weight is 389 g/mol. The number of thiophene rings is 1. The van der Waals surface area contributed by atoms with Gasteiger partial charge in [-0.15, -0.1) is 11.3 Å². The van der Waals surface area contributed by atoms with Gasteiger partial charge in [-0.3, -0.25) is 4.79 Å². The molecule has 0 saturated heterocycles. The van der Waals surface area contributed by atoms with Crippen LogP contribution in [0.5, 0.6) is 5.75 Å². The number of benzene rings is 2. The Hall–Kier alpha value is -3.30. The molecule has 0 atom stereocenters. The van der Waals surface area contributed by atoms with Gasteiger partial charge in [0.25, 0.3) is 5.56 Å². The molecule has 0 bridgehead atoms. The molecule has 5 nitrogen and oxygen atoms in total. The van der Waals surface area contributed by atoms with E-state index in [2.05, 4.69) is 16.4 Å². The number of methoxy groups -OCH3 is 1. The molecule has 140 valence electrons. The Morgan fingerprint density at radius 1 is 1.25 bits per heavy atom. The van der Waals surface area contributed by atoms with Crippen molar-refractivity contribution in [3.63, 3.8) is 0 Å². The second kappa shape index (κ2) is 7.37. The van der Waals surface area contributed by atoms with Crippen LogP contribution >= 0.6 is 11.3 Å². The van der Waals surface area contributed by atoms with Crippen molar-refractivity contribution in [3.8, 4) is 11.8 Å². The fraction of sp³-hybridized carbons (Fsp3) is 0.182. The Labute approximate surface area is 166 Å². The van der Waals surface area contributed by atoms with Crippen LogP contribution in [0.2, 0.25) is 0 Å². The molecule has 0 aliphatic carbocycles. The lowest BCUT2D eigenvalue weighted by atomic mass is 10.0. The largest absolute Gasteiger partial charge is 0.495 e. The SMILES string of the molecule is COc1cc(C)c2[nH]c(=O)c3sccc3c2c1Nc1ccc(CCC#N)cc1. The highest BCUT2D eigenvalue weighted by molar-refractivity contribution is 7.17. The van der Waals surface area contributed by atoms with E-state index in [4.69, 9.17) is 10.00 Å². The highest BCUT2D eigenvalue weighted by Crippen LogP contribution is 2.40. The number of nitrogens with zero attached hydrogens (tertiary/aromatic N) is 1. The minimum atomic E-state index is -0.0708. The number of aryl methyl sites for hydroxylation is 2. The van der Waals surface area contributed by atoms with Crippen molar-refractivity contribution < 1.29 is 4.74 Å². The molecule has 2 heterocycles. The van der Waals surface area contributed by atoms with E-state index < -0.39 is 0 Å². The van der Waals surface area contributed by atoms with Crippen LogP contribution in [0, 0.1) is 18.3 Å². The van der Waals surface area contributed by atoms with Gasteiger partial charge in [0.2, 0.25) is 0 Å². The third kappa shape index (κ3) is 3.10. The number of pyridine rings is 1. The zero-order chi connectivity index (χ0) is 19.7. The summed E-state index contributed by atoms with van der Waals surface area (Å²) in [6.45, 7) is 1.97. The predicted octanol–water partition coefficient (Wildman–Crippen LogP) is 5.26. The number of fused-ring (bicyclic) bond motifs is 3. The lowest BCUT2D eigenvalue weighted by Gasteiger charge is -2.17. The van der Waals surface area contributed by atoms with E-state index in [1.165, 1.54) is 11.3 Å². The van der Waals surface area contributed by atoms with E-state index in [-0.39, 0.29) is 5.56 Å². The highest BCUT2D eigenvalue weighted by atomic mass is 32.1. The normalized spacial score (nSPS) is 10.9. The van der Waals surface area contributed by atoms with Crippen LogP contribution in [-0.4, -0.2) is 12.1 Å². The average Bonchev–Trinajstić information content (AvgIpc) is 3.20. The van der Waals surface area contributed by atoms with Gasteiger partial charge in [-0.1, -0.05) is 12.1 Å². The molecule has 2 aromatic carbocycles. The van der Waals surface area contributed by atoms with E-state index in [1.807, 2.05) is 48.7 Å². The highest BCUT2D eigenvalue weighted by Gasteiger charge is 2.17. The Bertz CT molecular complexity index is 1260. The summed E-state index contributed by atoms with van der Waals surface area (Å²) in [5, 5.41) is 16.0. The molecule has 2 N–H and O–H groups in total. The fourth-order valence-electron chi connectivity index (χ4n) is 3.45. The summed E-state index contributed by atoms with van der Waals surface area (Å²) in [6.07, 6.45) is 1.25. The smallest absolute Gasteiger partial charge is 0.266 e. The zero-order valence-corrected chi connectivity index (χ0v) is 16.4. The fourth-order valence-corrected chi connectivity index (χ4v) is 4.25. The maximum atomic E-state index is 12.4. The number of hydrogen-bond acceptors (Lipinski definition) is 5. The minimum absolute atomic E-state index is 0.0708. The number of nitriles is 1. The van der Waals surface area contributed by atoms with Crippen molar-refractivity contribution in [3.05, 3.63) is 63.3 Å². The van der Waals surface area contributed by atoms with Crippen molar-refractivity contribution in [1.82, 2.24) is 4.98 Å². The van der Waals surface area contributed by atoms with Crippen LogP contribution in [-0.2, 0) is 6.42 Å². The van der Waals surface area contributed by atoms with E-state index in [9.17, 15) is 4.79 Å². The molecule has 0 aliphatic heterocycles. The van der Waals surface area contributed by atoms with E-state index in [1.54, 1.807) is 7.11 Å². The van der Waals surface area contributed by atoms with E-state index in [0.717, 1.165) is 51.0 Å². The standard InChI is InChI=1S/C22H19N3O2S/c1-13-12-17(27-2)20(24-15-7-5-14(6-8-15)4-3-10-23)18-16-9-11-28-21(16)22(26)25-19(13)18/h5-9,11-12,24H,3-4H2,1-2H3,(H,25,26). The summed E-state index contributed by atoms with van der Waals surface area (Å²) < 4.78 is 6.36. The summed E-state index contributed by atoms with van der Waals surface area (Å²) in [5.74, 6) is 0.720. The van der Waals surface area contributed by atoms with Crippen LogP contribution in [0.15, 0.2) is 46.6 Å². The molecule has 4 rings (SSSR count). The van der Waals surface area contributed by atoms with Crippen LogP contribution in [0.25, 0.3) is 21.0 Å². The van der Waals surface area contributed by atoms with E-state index in [0.29, 0.717) is 11.1 Å². The molecule has 0 unspecified atom stereocenters. The van der Waals surface area contributed by atoms with Gasteiger partial charge in [0.15, 0.2) is 0 Å². The Balaban J connectivity index is 1.88. The Kier molecular flexibility index (Phi) is 4.76. The second-order valence-electron chi connectivity index (χ2n) is 6.62. The topological polar surface area (TPSA) is 77.9 Å². The van der Waals surface area contributed by atoms with Crippen molar-refractivity contribution >= 4 is 43.7 Å². The molecular formula is C22H19N3O2S. The molecule has 0 aliphatic rings. The van der Waals surface area contributed by atoms with Gasteiger partial charge in [-0.25, -0.2) is 0 Å². The quantitative estimate of drug-likeness (QED) is 0.488. The summed E-state index contributed by atoms with van der Waals surface area (Å²) in [4.78, 5) is 15.5. The maximum absolute atomic E-state index is 12.4. The first kappa shape index (κ1) is 18.1. The zero-order valence-electron chi connectivity index (χ0n) is 15.6. The van der Waals surface area contributed by atoms with Crippen molar-refractivity contribution in [2.75, 3.05) is 12.4 Å². The van der Waals surface area contributed by atoms with Gasteiger partial charge in [-0.2, -0.15) is 5.26 Å². The van der Waals surface area contributed by atoms with Gasteiger partial charge in [-0.05, 0) is 54.1 Å². The summed E-state index contributed by atoms with van der Waals surface area (Å²) in [6, 6.07) is 14.1. The number of H-pyrrole nitrogens is 1. The lowest BCUT2D eigenvalue weighted by molar-refractivity contribution is 0.417. The molecule has 28 heavy (non-hydrogen) atoms. The second-order valence-corrected chi connectivity index (χ2v) is 7.53. The van der Waals surface area contributed by atoms with Gasteiger partial charge in [0, 0.05) is 22.9 Å². The summed E-state index contributed by atoms with van der Waals surface area (Å²) >= 11 is 1.43. The molecule has 6 heteroatoms. The maximum Gasteiger partial charge on any atom is 0.266 e. The van der Waals surface area contributed by atoms with Crippen LogP contribution in [0.1, 0.15) is 17.5 Å². The third-order valence-corrected chi connectivity index (χ3v) is 5.75. The van der Waals surface area contributed by atoms with Gasteiger partial charge in [0.1, 0.15) is 10.4 Å². The first-order valence-corrected chi connectivity index (χ1v) is 9.84.